The van der Waals surface area contributed by atoms with E-state index in [-0.39, 0.29) is 24.4 Å². The Balaban J connectivity index is 1.43. The molecule has 2 aromatic heterocycles. The maximum absolute atomic E-state index is 12.0. The zero-order chi connectivity index (χ0) is 22.1. The van der Waals surface area contributed by atoms with Crippen molar-refractivity contribution >= 4 is 5.97 Å². The summed E-state index contributed by atoms with van der Waals surface area (Å²) in [6, 6.07) is 5.44. The number of benzene rings is 1. The average molecular weight is 442 g/mol. The van der Waals surface area contributed by atoms with Crippen molar-refractivity contribution in [2.45, 2.75) is 31.3 Å². The first kappa shape index (κ1) is 20.5. The molecule has 0 aliphatic carbocycles. The molecule has 0 bridgehead atoms. The smallest absolute Gasteiger partial charge is 0.341 e. The highest BCUT2D eigenvalue weighted by atomic mass is 16.6. The van der Waals surface area contributed by atoms with Crippen LogP contribution in [0.2, 0.25) is 0 Å². The Hall–Kier alpha value is -3.35. The van der Waals surface area contributed by atoms with E-state index in [0.717, 1.165) is 0 Å². The van der Waals surface area contributed by atoms with Crippen molar-refractivity contribution in [3.63, 3.8) is 0 Å². The van der Waals surface area contributed by atoms with Gasteiger partial charge in [0.15, 0.2) is 6.10 Å². The SMILES string of the molecule is CCOC(=O)c1cnn(-c2ccc(O[C@H]3CO[C@H]4[C@@H]3OC[C@@H]4OC)c(-n3cnnn3)c2)c1. The van der Waals surface area contributed by atoms with Crippen LogP contribution in [0.3, 0.4) is 0 Å². The van der Waals surface area contributed by atoms with Crippen LogP contribution >= 0.6 is 0 Å². The molecular weight excluding hydrogens is 420 g/mol. The molecule has 0 radical (unpaired) electrons. The Morgan fingerprint density at radius 1 is 1.19 bits per heavy atom. The summed E-state index contributed by atoms with van der Waals surface area (Å²) in [6.45, 7) is 2.89. The molecular formula is C20H22N6O6. The maximum Gasteiger partial charge on any atom is 0.341 e. The minimum absolute atomic E-state index is 0.108. The third kappa shape index (κ3) is 3.72. The highest BCUT2D eigenvalue weighted by Gasteiger charge is 2.49. The molecule has 0 amide bonds. The largest absolute Gasteiger partial charge is 0.483 e. The van der Waals surface area contributed by atoms with Crippen molar-refractivity contribution < 1.29 is 28.5 Å². The second-order valence-electron chi connectivity index (χ2n) is 7.33. The molecule has 168 valence electrons. The predicted molar refractivity (Wildman–Crippen MR) is 107 cm³/mol. The van der Waals surface area contributed by atoms with Crippen LogP contribution in [0.4, 0.5) is 0 Å². The van der Waals surface area contributed by atoms with E-state index >= 15 is 0 Å². The van der Waals surface area contributed by atoms with Crippen LogP contribution in [-0.2, 0) is 18.9 Å². The van der Waals surface area contributed by atoms with Gasteiger partial charge >= 0.3 is 5.97 Å². The van der Waals surface area contributed by atoms with Crippen molar-refractivity contribution in [3.8, 4) is 17.1 Å². The van der Waals surface area contributed by atoms with Crippen LogP contribution in [0.15, 0.2) is 36.9 Å². The molecule has 2 saturated heterocycles. The standard InChI is InChI=1S/C20H22N6O6/c1-3-29-20(27)12-7-22-25(8-12)13-4-5-15(14(6-13)26-11-21-23-24-26)32-17-10-31-18-16(28-2)9-30-19(17)18/h4-8,11,16-19H,3,9-10H2,1-2H3/t16-,17-,18+,19+/m0/s1. The minimum atomic E-state index is -0.430. The van der Waals surface area contributed by atoms with Gasteiger partial charge in [0.2, 0.25) is 0 Å². The van der Waals surface area contributed by atoms with Gasteiger partial charge in [-0.3, -0.25) is 0 Å². The molecule has 12 nitrogen and oxygen atoms in total. The summed E-state index contributed by atoms with van der Waals surface area (Å²) in [6.07, 6.45) is 3.73. The zero-order valence-electron chi connectivity index (χ0n) is 17.5. The number of carbonyl (C=O) groups is 1. The van der Waals surface area contributed by atoms with E-state index in [9.17, 15) is 4.79 Å². The fourth-order valence-electron chi connectivity index (χ4n) is 3.88. The first-order valence-electron chi connectivity index (χ1n) is 10.2. The van der Waals surface area contributed by atoms with Gasteiger partial charge in [-0.1, -0.05) is 0 Å². The summed E-state index contributed by atoms with van der Waals surface area (Å²) in [5, 5.41) is 15.7. The van der Waals surface area contributed by atoms with Crippen LogP contribution in [-0.4, -0.2) is 87.3 Å². The molecule has 0 N–H and O–H groups in total. The van der Waals surface area contributed by atoms with Crippen molar-refractivity contribution in [1.29, 1.82) is 0 Å². The highest BCUT2D eigenvalue weighted by molar-refractivity contribution is 5.88. The molecule has 4 heterocycles. The van der Waals surface area contributed by atoms with Crippen molar-refractivity contribution in [2.24, 2.45) is 0 Å². The topological polar surface area (TPSA) is 125 Å². The van der Waals surface area contributed by atoms with Gasteiger partial charge in [-0.05, 0) is 35.5 Å². The van der Waals surface area contributed by atoms with Gasteiger partial charge < -0.3 is 23.7 Å². The summed E-state index contributed by atoms with van der Waals surface area (Å²) in [4.78, 5) is 12.0. The first-order chi connectivity index (χ1) is 15.7. The third-order valence-corrected chi connectivity index (χ3v) is 5.44. The minimum Gasteiger partial charge on any atom is -0.483 e. The van der Waals surface area contributed by atoms with Crippen LogP contribution < -0.4 is 4.74 Å². The molecule has 0 unspecified atom stereocenters. The number of aromatic nitrogens is 6. The molecule has 1 aromatic carbocycles. The van der Waals surface area contributed by atoms with Crippen molar-refractivity contribution in [1.82, 2.24) is 30.0 Å². The number of ether oxygens (including phenoxy) is 5. The number of carbonyl (C=O) groups excluding carboxylic acids is 1. The number of nitrogens with zero attached hydrogens (tertiary/aromatic N) is 6. The van der Waals surface area contributed by atoms with E-state index in [0.29, 0.717) is 42.5 Å². The van der Waals surface area contributed by atoms with E-state index in [1.54, 1.807) is 31.0 Å². The van der Waals surface area contributed by atoms with Gasteiger partial charge in [-0.2, -0.15) is 9.78 Å². The Bertz CT molecular complexity index is 1090. The summed E-state index contributed by atoms with van der Waals surface area (Å²) < 4.78 is 31.5. The highest BCUT2D eigenvalue weighted by Crippen LogP contribution is 2.33. The molecule has 0 spiro atoms. The molecule has 0 saturated carbocycles. The maximum atomic E-state index is 12.0. The predicted octanol–water partition coefficient (Wildman–Crippen LogP) is 0.585. The number of fused-ring (bicyclic) bond motifs is 1. The molecule has 3 aromatic rings. The van der Waals surface area contributed by atoms with Gasteiger partial charge in [0.1, 0.15) is 36.1 Å². The van der Waals surface area contributed by atoms with Gasteiger partial charge in [-0.25, -0.2) is 9.48 Å². The van der Waals surface area contributed by atoms with Crippen LogP contribution in [0.25, 0.3) is 11.4 Å². The van der Waals surface area contributed by atoms with Gasteiger partial charge in [0.05, 0.1) is 37.3 Å². The van der Waals surface area contributed by atoms with E-state index in [2.05, 4.69) is 20.6 Å². The number of tetrazole rings is 1. The monoisotopic (exact) mass is 442 g/mol. The lowest BCUT2D eigenvalue weighted by molar-refractivity contribution is -0.0138. The number of rotatable bonds is 7. The lowest BCUT2D eigenvalue weighted by Gasteiger charge is -2.20. The summed E-state index contributed by atoms with van der Waals surface area (Å²) >= 11 is 0. The quantitative estimate of drug-likeness (QED) is 0.480. The number of esters is 1. The molecule has 32 heavy (non-hydrogen) atoms. The van der Waals surface area contributed by atoms with E-state index in [1.807, 2.05) is 12.1 Å². The number of methoxy groups -OCH3 is 1. The summed E-state index contributed by atoms with van der Waals surface area (Å²) in [5.41, 5.74) is 1.65. The molecule has 5 rings (SSSR count). The van der Waals surface area contributed by atoms with Gasteiger partial charge in [0.25, 0.3) is 0 Å². The molecule has 4 atom stereocenters. The second kappa shape index (κ2) is 8.65. The normalized spacial score (nSPS) is 24.4. The van der Waals surface area contributed by atoms with E-state index in [4.69, 9.17) is 23.7 Å². The Kier molecular flexibility index (Phi) is 5.55. The average Bonchev–Trinajstić information content (AvgIpc) is 3.59. The van der Waals surface area contributed by atoms with Gasteiger partial charge in [0, 0.05) is 13.3 Å². The fraction of sp³-hybridized carbons (Fsp3) is 0.450. The summed E-state index contributed by atoms with van der Waals surface area (Å²) in [7, 11) is 1.64. The van der Waals surface area contributed by atoms with Crippen LogP contribution in [0.1, 0.15) is 17.3 Å². The Labute approximate surface area is 183 Å². The zero-order valence-corrected chi connectivity index (χ0v) is 17.5. The number of hydrogen-bond acceptors (Lipinski definition) is 10. The Morgan fingerprint density at radius 2 is 2.00 bits per heavy atom. The van der Waals surface area contributed by atoms with Crippen LogP contribution in [0.5, 0.6) is 5.75 Å². The second-order valence-corrected chi connectivity index (χ2v) is 7.33. The van der Waals surface area contributed by atoms with Crippen LogP contribution in [0, 0.1) is 0 Å². The first-order valence-corrected chi connectivity index (χ1v) is 10.2. The third-order valence-electron chi connectivity index (χ3n) is 5.44. The van der Waals surface area contributed by atoms with E-state index in [1.165, 1.54) is 17.2 Å². The van der Waals surface area contributed by atoms with Crippen molar-refractivity contribution in [2.75, 3.05) is 26.9 Å². The molecule has 2 fully saturated rings. The molecule has 12 heteroatoms. The van der Waals surface area contributed by atoms with Gasteiger partial charge in [-0.15, -0.1) is 5.10 Å². The number of hydrogen-bond donors (Lipinski definition) is 0. The summed E-state index contributed by atoms with van der Waals surface area (Å²) in [5.74, 6) is 0.124. The fourth-order valence-corrected chi connectivity index (χ4v) is 3.88. The lowest BCUT2D eigenvalue weighted by atomic mass is 10.1. The Morgan fingerprint density at radius 3 is 2.75 bits per heavy atom. The lowest BCUT2D eigenvalue weighted by Crippen LogP contribution is -2.35. The molecule has 2 aliphatic heterocycles. The van der Waals surface area contributed by atoms with Crippen molar-refractivity contribution in [3.05, 3.63) is 42.5 Å². The molecule has 2 aliphatic rings. The van der Waals surface area contributed by atoms with E-state index < -0.39 is 5.97 Å².